The summed E-state index contributed by atoms with van der Waals surface area (Å²) in [4.78, 5) is 2.38. The van der Waals surface area contributed by atoms with Crippen LogP contribution in [0.25, 0.3) is 82.8 Å². The van der Waals surface area contributed by atoms with Crippen LogP contribution in [0.4, 0.5) is 17.1 Å². The molecular weight excluding hydrogens is 693 g/mol. The lowest BCUT2D eigenvalue weighted by Gasteiger charge is -2.28. The molecule has 0 aliphatic carbocycles. The van der Waals surface area contributed by atoms with Crippen LogP contribution >= 0.6 is 0 Å². The van der Waals surface area contributed by atoms with E-state index in [0.29, 0.717) is 0 Å². The normalized spacial score (nSPS) is 11.5. The Morgan fingerprint density at radius 2 is 0.895 bits per heavy atom. The highest BCUT2D eigenvalue weighted by atomic mass is 16.3. The molecule has 0 N–H and O–H groups in total. The molecule has 0 amide bonds. The molecule has 2 aromatic heterocycles. The average Bonchev–Trinajstić information content (AvgIpc) is 3.84. The second kappa shape index (κ2) is 13.6. The molecule has 3 heteroatoms. The van der Waals surface area contributed by atoms with Crippen molar-refractivity contribution in [3.8, 4) is 39.1 Å². The van der Waals surface area contributed by atoms with E-state index in [-0.39, 0.29) is 0 Å². The Bertz CT molecular complexity index is 3170. The molecule has 11 aromatic rings. The van der Waals surface area contributed by atoms with E-state index in [2.05, 4.69) is 216 Å². The van der Waals surface area contributed by atoms with Gasteiger partial charge in [0.1, 0.15) is 11.2 Å². The van der Waals surface area contributed by atoms with Gasteiger partial charge >= 0.3 is 0 Å². The summed E-state index contributed by atoms with van der Waals surface area (Å²) < 4.78 is 8.60. The zero-order chi connectivity index (χ0) is 37.7. The third-order valence-corrected chi connectivity index (χ3v) is 11.2. The van der Waals surface area contributed by atoms with E-state index in [4.69, 9.17) is 4.42 Å². The van der Waals surface area contributed by atoms with Crippen LogP contribution < -0.4 is 4.90 Å². The molecule has 0 spiro atoms. The number of aromatic nitrogens is 1. The van der Waals surface area contributed by atoms with Gasteiger partial charge in [0, 0.05) is 44.2 Å². The van der Waals surface area contributed by atoms with Crippen molar-refractivity contribution in [1.82, 2.24) is 4.57 Å². The van der Waals surface area contributed by atoms with Gasteiger partial charge < -0.3 is 13.9 Å². The van der Waals surface area contributed by atoms with Gasteiger partial charge in [0.25, 0.3) is 0 Å². The summed E-state index contributed by atoms with van der Waals surface area (Å²) in [7, 11) is 0. The summed E-state index contributed by atoms with van der Waals surface area (Å²) in [6, 6.07) is 78.1. The molecule has 9 aromatic carbocycles. The predicted octanol–water partition coefficient (Wildman–Crippen LogP) is 15.2. The van der Waals surface area contributed by atoms with E-state index in [1.54, 1.807) is 0 Å². The van der Waals surface area contributed by atoms with Crippen molar-refractivity contribution in [2.24, 2.45) is 0 Å². The minimum absolute atomic E-state index is 0.905. The number of furan rings is 1. The maximum absolute atomic E-state index is 6.23. The maximum Gasteiger partial charge on any atom is 0.136 e. The highest BCUT2D eigenvalue weighted by molar-refractivity contribution is 6.12. The highest BCUT2D eigenvalue weighted by Gasteiger charge is 2.19. The first-order chi connectivity index (χ1) is 28.3. The van der Waals surface area contributed by atoms with Crippen LogP contribution in [0.15, 0.2) is 223 Å². The Labute approximate surface area is 330 Å². The summed E-state index contributed by atoms with van der Waals surface area (Å²) in [5, 5.41) is 4.80. The largest absolute Gasteiger partial charge is 0.456 e. The summed E-state index contributed by atoms with van der Waals surface area (Å²) in [5.74, 6) is 0. The van der Waals surface area contributed by atoms with E-state index >= 15 is 0 Å². The fraction of sp³-hybridized carbons (Fsp3) is 0. The van der Waals surface area contributed by atoms with Crippen LogP contribution in [0.5, 0.6) is 0 Å². The van der Waals surface area contributed by atoms with Gasteiger partial charge in [0.2, 0.25) is 0 Å². The van der Waals surface area contributed by atoms with Gasteiger partial charge in [-0.05, 0) is 101 Å². The van der Waals surface area contributed by atoms with E-state index in [0.717, 1.165) is 61.4 Å². The Morgan fingerprint density at radius 1 is 0.351 bits per heavy atom. The van der Waals surface area contributed by atoms with E-state index in [1.807, 2.05) is 12.1 Å². The number of hydrogen-bond donors (Lipinski definition) is 0. The Hall–Kier alpha value is -7.62. The first kappa shape index (κ1) is 32.8. The SMILES string of the molecule is c1ccc(-c2ccccc2N(c2ccc(-c3cccc(-c4cccc5oc6ccccc6c45)c3)cc2)c2ccc(-n3c4ccccc4c4ccccc43)cc2)cc1. The third-order valence-electron chi connectivity index (χ3n) is 11.2. The lowest BCUT2D eigenvalue weighted by Crippen LogP contribution is -2.11. The molecule has 0 fully saturated rings. The van der Waals surface area contributed by atoms with Crippen molar-refractivity contribution in [3.63, 3.8) is 0 Å². The fourth-order valence-corrected chi connectivity index (χ4v) is 8.59. The average molecular weight is 729 g/mol. The van der Waals surface area contributed by atoms with Crippen LogP contribution in [0, 0.1) is 0 Å². The standard InChI is InChI=1S/C54H36N2O/c1-2-14-38(15-3-1)44-18-4-8-23-49(44)55(42-32-34-43(35-33-42)56-50-24-9-5-19-46(50)47-20-6-10-25-51(47)56)41-30-28-37(29-31-41)39-16-12-17-40(36-39)45-22-13-27-53-54(45)48-21-7-11-26-52(48)57-53/h1-36H. The number of fused-ring (bicyclic) bond motifs is 6. The summed E-state index contributed by atoms with van der Waals surface area (Å²) in [6.07, 6.45) is 0. The second-order valence-corrected chi connectivity index (χ2v) is 14.5. The lowest BCUT2D eigenvalue weighted by atomic mass is 9.95. The van der Waals surface area contributed by atoms with Crippen molar-refractivity contribution in [3.05, 3.63) is 218 Å². The smallest absolute Gasteiger partial charge is 0.136 e. The number of hydrogen-bond acceptors (Lipinski definition) is 2. The second-order valence-electron chi connectivity index (χ2n) is 14.5. The number of para-hydroxylation sites is 4. The molecule has 0 atom stereocenters. The molecule has 268 valence electrons. The lowest BCUT2D eigenvalue weighted by molar-refractivity contribution is 0.669. The maximum atomic E-state index is 6.23. The third kappa shape index (κ3) is 5.60. The molecule has 57 heavy (non-hydrogen) atoms. The molecular formula is C54H36N2O. The Kier molecular flexibility index (Phi) is 7.82. The van der Waals surface area contributed by atoms with Gasteiger partial charge in [-0.2, -0.15) is 0 Å². The van der Waals surface area contributed by atoms with E-state index in [9.17, 15) is 0 Å². The number of benzene rings is 9. The minimum Gasteiger partial charge on any atom is -0.456 e. The molecule has 3 nitrogen and oxygen atoms in total. The van der Waals surface area contributed by atoms with Crippen molar-refractivity contribution >= 4 is 60.8 Å². The molecule has 2 heterocycles. The molecule has 0 saturated carbocycles. The first-order valence-corrected chi connectivity index (χ1v) is 19.4. The van der Waals surface area contributed by atoms with E-state index < -0.39 is 0 Å². The number of rotatable bonds is 7. The molecule has 0 saturated heterocycles. The van der Waals surface area contributed by atoms with Gasteiger partial charge in [0.05, 0.1) is 16.7 Å². The van der Waals surface area contributed by atoms with Gasteiger partial charge in [-0.3, -0.25) is 0 Å². The van der Waals surface area contributed by atoms with Crippen molar-refractivity contribution in [2.75, 3.05) is 4.90 Å². The molecule has 0 bridgehead atoms. The van der Waals surface area contributed by atoms with Gasteiger partial charge in [-0.1, -0.05) is 146 Å². The molecule has 0 aliphatic heterocycles. The molecule has 0 unspecified atom stereocenters. The number of anilines is 3. The zero-order valence-corrected chi connectivity index (χ0v) is 31.1. The van der Waals surface area contributed by atoms with Crippen LogP contribution in [0.2, 0.25) is 0 Å². The summed E-state index contributed by atoms with van der Waals surface area (Å²) in [5.41, 5.74) is 15.6. The quantitative estimate of drug-likeness (QED) is 0.163. The van der Waals surface area contributed by atoms with E-state index in [1.165, 1.54) is 38.5 Å². The summed E-state index contributed by atoms with van der Waals surface area (Å²) in [6.45, 7) is 0. The molecule has 0 radical (unpaired) electrons. The zero-order valence-electron chi connectivity index (χ0n) is 31.1. The summed E-state index contributed by atoms with van der Waals surface area (Å²) >= 11 is 0. The van der Waals surface area contributed by atoms with Crippen LogP contribution in [0.3, 0.4) is 0 Å². The van der Waals surface area contributed by atoms with Crippen LogP contribution in [0.1, 0.15) is 0 Å². The highest BCUT2D eigenvalue weighted by Crippen LogP contribution is 2.43. The monoisotopic (exact) mass is 728 g/mol. The fourth-order valence-electron chi connectivity index (χ4n) is 8.59. The Balaban J connectivity index is 1.01. The first-order valence-electron chi connectivity index (χ1n) is 19.4. The van der Waals surface area contributed by atoms with Gasteiger partial charge in [-0.25, -0.2) is 0 Å². The van der Waals surface area contributed by atoms with Gasteiger partial charge in [-0.15, -0.1) is 0 Å². The van der Waals surface area contributed by atoms with Gasteiger partial charge in [0.15, 0.2) is 0 Å². The minimum atomic E-state index is 0.905. The van der Waals surface area contributed by atoms with Crippen LogP contribution in [-0.4, -0.2) is 4.57 Å². The predicted molar refractivity (Wildman–Crippen MR) is 239 cm³/mol. The van der Waals surface area contributed by atoms with Crippen molar-refractivity contribution < 1.29 is 4.42 Å². The number of nitrogens with zero attached hydrogens (tertiary/aromatic N) is 2. The molecule has 11 rings (SSSR count). The van der Waals surface area contributed by atoms with Crippen molar-refractivity contribution in [2.45, 2.75) is 0 Å². The van der Waals surface area contributed by atoms with Crippen LogP contribution in [-0.2, 0) is 0 Å². The van der Waals surface area contributed by atoms with Crippen molar-refractivity contribution in [1.29, 1.82) is 0 Å². The Morgan fingerprint density at radius 3 is 1.65 bits per heavy atom. The topological polar surface area (TPSA) is 21.3 Å². The molecule has 0 aliphatic rings.